The molecule has 2 aromatic heterocycles. The SMILES string of the molecule is Cc1cc(=O)oc2cc(OC(=O)CCc3nc4ccccc4s3)ccc12. The van der Waals surface area contributed by atoms with Crippen LogP contribution in [-0.2, 0) is 11.2 Å². The summed E-state index contributed by atoms with van der Waals surface area (Å²) in [4.78, 5) is 28.1. The number of aromatic nitrogens is 1. The zero-order chi connectivity index (χ0) is 18.1. The molecule has 130 valence electrons. The van der Waals surface area contributed by atoms with Crippen LogP contribution in [0.5, 0.6) is 5.75 Å². The zero-order valence-corrected chi connectivity index (χ0v) is 14.8. The van der Waals surface area contributed by atoms with E-state index in [1.807, 2.05) is 31.2 Å². The Morgan fingerprint density at radius 3 is 2.88 bits per heavy atom. The number of aryl methyl sites for hydroxylation is 2. The number of hydrogen-bond donors (Lipinski definition) is 0. The predicted molar refractivity (Wildman–Crippen MR) is 101 cm³/mol. The zero-order valence-electron chi connectivity index (χ0n) is 14.0. The first-order valence-electron chi connectivity index (χ1n) is 8.18. The highest BCUT2D eigenvalue weighted by Crippen LogP contribution is 2.24. The first kappa shape index (κ1) is 16.5. The summed E-state index contributed by atoms with van der Waals surface area (Å²) < 4.78 is 11.7. The second-order valence-electron chi connectivity index (χ2n) is 5.96. The van der Waals surface area contributed by atoms with Gasteiger partial charge in [-0.15, -0.1) is 11.3 Å². The highest BCUT2D eigenvalue weighted by atomic mass is 32.1. The van der Waals surface area contributed by atoms with E-state index in [1.54, 1.807) is 29.5 Å². The molecule has 26 heavy (non-hydrogen) atoms. The van der Waals surface area contributed by atoms with Crippen molar-refractivity contribution < 1.29 is 13.9 Å². The number of para-hydroxylation sites is 1. The van der Waals surface area contributed by atoms with Crippen molar-refractivity contribution in [3.63, 3.8) is 0 Å². The molecule has 0 radical (unpaired) electrons. The molecule has 0 aliphatic heterocycles. The lowest BCUT2D eigenvalue weighted by Crippen LogP contribution is -2.09. The van der Waals surface area contributed by atoms with Gasteiger partial charge in [-0.2, -0.15) is 0 Å². The molecule has 0 aliphatic carbocycles. The molecule has 5 nitrogen and oxygen atoms in total. The van der Waals surface area contributed by atoms with Crippen LogP contribution in [0.15, 0.2) is 57.7 Å². The summed E-state index contributed by atoms with van der Waals surface area (Å²) >= 11 is 1.58. The Kier molecular flexibility index (Phi) is 4.26. The van der Waals surface area contributed by atoms with Gasteiger partial charge in [0.25, 0.3) is 0 Å². The van der Waals surface area contributed by atoms with Gasteiger partial charge in [0.05, 0.1) is 21.6 Å². The van der Waals surface area contributed by atoms with Crippen molar-refractivity contribution in [3.05, 3.63) is 69.5 Å². The summed E-state index contributed by atoms with van der Waals surface area (Å²) in [5.41, 5.74) is 1.76. The molecule has 0 atom stereocenters. The fourth-order valence-corrected chi connectivity index (χ4v) is 3.75. The van der Waals surface area contributed by atoms with Crippen LogP contribution < -0.4 is 10.4 Å². The molecule has 4 aromatic rings. The molecule has 0 amide bonds. The minimum Gasteiger partial charge on any atom is -0.426 e. The quantitative estimate of drug-likeness (QED) is 0.307. The van der Waals surface area contributed by atoms with E-state index in [1.165, 1.54) is 6.07 Å². The molecule has 0 fully saturated rings. The van der Waals surface area contributed by atoms with Crippen LogP contribution in [0.2, 0.25) is 0 Å². The molecule has 0 aliphatic rings. The molecular formula is C20H15NO4S. The Labute approximate surface area is 152 Å². The number of carbonyl (C=O) groups excluding carboxylic acids is 1. The minimum atomic E-state index is -0.422. The van der Waals surface area contributed by atoms with Crippen molar-refractivity contribution in [2.24, 2.45) is 0 Å². The third-order valence-corrected chi connectivity index (χ3v) is 5.13. The van der Waals surface area contributed by atoms with Crippen LogP contribution in [0, 0.1) is 6.92 Å². The maximum atomic E-state index is 12.1. The number of fused-ring (bicyclic) bond motifs is 2. The second kappa shape index (κ2) is 6.72. The number of benzene rings is 2. The number of rotatable bonds is 4. The van der Waals surface area contributed by atoms with Gasteiger partial charge in [-0.25, -0.2) is 9.78 Å². The number of hydrogen-bond acceptors (Lipinski definition) is 6. The maximum Gasteiger partial charge on any atom is 0.336 e. The number of nitrogens with zero attached hydrogens (tertiary/aromatic N) is 1. The highest BCUT2D eigenvalue weighted by molar-refractivity contribution is 7.18. The van der Waals surface area contributed by atoms with Gasteiger partial charge in [-0.1, -0.05) is 12.1 Å². The van der Waals surface area contributed by atoms with E-state index in [4.69, 9.17) is 9.15 Å². The van der Waals surface area contributed by atoms with Gasteiger partial charge in [-0.05, 0) is 36.8 Å². The van der Waals surface area contributed by atoms with Crippen LogP contribution >= 0.6 is 11.3 Å². The summed E-state index contributed by atoms with van der Waals surface area (Å²) in [6.45, 7) is 1.84. The van der Waals surface area contributed by atoms with Gasteiger partial charge in [0.1, 0.15) is 11.3 Å². The Balaban J connectivity index is 1.46. The molecule has 0 bridgehead atoms. The van der Waals surface area contributed by atoms with E-state index in [0.29, 0.717) is 17.8 Å². The van der Waals surface area contributed by atoms with E-state index >= 15 is 0 Å². The number of thiazole rings is 1. The fourth-order valence-electron chi connectivity index (χ4n) is 2.79. The summed E-state index contributed by atoms with van der Waals surface area (Å²) in [5.74, 6) is 0.0131. The summed E-state index contributed by atoms with van der Waals surface area (Å²) in [7, 11) is 0. The van der Waals surface area contributed by atoms with E-state index in [0.717, 1.165) is 26.2 Å². The first-order valence-corrected chi connectivity index (χ1v) is 9.00. The van der Waals surface area contributed by atoms with Crippen molar-refractivity contribution in [2.75, 3.05) is 0 Å². The van der Waals surface area contributed by atoms with Gasteiger partial charge < -0.3 is 9.15 Å². The Bertz CT molecular complexity index is 1140. The molecule has 0 saturated carbocycles. The van der Waals surface area contributed by atoms with Crippen molar-refractivity contribution in [1.29, 1.82) is 0 Å². The van der Waals surface area contributed by atoms with Gasteiger partial charge in [-0.3, -0.25) is 4.79 Å². The third kappa shape index (κ3) is 3.36. The van der Waals surface area contributed by atoms with Gasteiger partial charge in [0.2, 0.25) is 0 Å². The molecule has 2 aromatic carbocycles. The molecule has 4 rings (SSSR count). The van der Waals surface area contributed by atoms with Gasteiger partial charge in [0, 0.05) is 23.9 Å². The summed E-state index contributed by atoms with van der Waals surface area (Å²) in [6, 6.07) is 14.4. The van der Waals surface area contributed by atoms with Gasteiger partial charge in [0.15, 0.2) is 0 Å². The van der Waals surface area contributed by atoms with Gasteiger partial charge >= 0.3 is 11.6 Å². The smallest absolute Gasteiger partial charge is 0.336 e. The van der Waals surface area contributed by atoms with Crippen molar-refractivity contribution >= 4 is 38.5 Å². The molecule has 6 heteroatoms. The topological polar surface area (TPSA) is 69.4 Å². The highest BCUT2D eigenvalue weighted by Gasteiger charge is 2.10. The fraction of sp³-hybridized carbons (Fsp3) is 0.150. The van der Waals surface area contributed by atoms with E-state index in [2.05, 4.69) is 4.98 Å². The number of ether oxygens (including phenoxy) is 1. The second-order valence-corrected chi connectivity index (χ2v) is 7.07. The maximum absolute atomic E-state index is 12.1. The van der Waals surface area contributed by atoms with E-state index in [9.17, 15) is 9.59 Å². The van der Waals surface area contributed by atoms with Crippen molar-refractivity contribution in [1.82, 2.24) is 4.98 Å². The van der Waals surface area contributed by atoms with Crippen LogP contribution in [-0.4, -0.2) is 11.0 Å². The molecule has 0 saturated heterocycles. The average molecular weight is 365 g/mol. The van der Waals surface area contributed by atoms with Crippen molar-refractivity contribution in [2.45, 2.75) is 19.8 Å². The normalized spacial score (nSPS) is 11.1. The lowest BCUT2D eigenvalue weighted by atomic mass is 10.1. The average Bonchev–Trinajstić information content (AvgIpc) is 3.02. The third-order valence-electron chi connectivity index (χ3n) is 4.04. The molecule has 0 unspecified atom stereocenters. The molecule has 0 spiro atoms. The summed E-state index contributed by atoms with van der Waals surface area (Å²) in [5, 5.41) is 1.72. The van der Waals surface area contributed by atoms with E-state index in [-0.39, 0.29) is 12.4 Å². The van der Waals surface area contributed by atoms with Crippen LogP contribution in [0.1, 0.15) is 17.0 Å². The number of esters is 1. The monoisotopic (exact) mass is 365 g/mol. The van der Waals surface area contributed by atoms with Crippen LogP contribution in [0.3, 0.4) is 0 Å². The lowest BCUT2D eigenvalue weighted by Gasteiger charge is -2.05. The largest absolute Gasteiger partial charge is 0.426 e. The Morgan fingerprint density at radius 1 is 1.19 bits per heavy atom. The number of carbonyl (C=O) groups is 1. The minimum absolute atomic E-state index is 0.232. The lowest BCUT2D eigenvalue weighted by molar-refractivity contribution is -0.134. The first-order chi connectivity index (χ1) is 12.6. The van der Waals surface area contributed by atoms with Crippen molar-refractivity contribution in [3.8, 4) is 5.75 Å². The molecule has 0 N–H and O–H groups in total. The Hall–Kier alpha value is -2.99. The standard InChI is InChI=1S/C20H15NO4S/c1-12-10-20(23)25-16-11-13(6-7-14(12)16)24-19(22)9-8-18-21-15-4-2-3-5-17(15)26-18/h2-7,10-11H,8-9H2,1H3. The Morgan fingerprint density at radius 2 is 2.04 bits per heavy atom. The molecule has 2 heterocycles. The molecular weight excluding hydrogens is 350 g/mol. The van der Waals surface area contributed by atoms with E-state index < -0.39 is 5.63 Å². The summed E-state index contributed by atoms with van der Waals surface area (Å²) in [6.07, 6.45) is 0.760. The predicted octanol–water partition coefficient (Wildman–Crippen LogP) is 4.25. The van der Waals surface area contributed by atoms with Crippen LogP contribution in [0.4, 0.5) is 0 Å². The van der Waals surface area contributed by atoms with Crippen LogP contribution in [0.25, 0.3) is 21.2 Å².